The van der Waals surface area contributed by atoms with Gasteiger partial charge in [0.05, 0.1) is 0 Å². The van der Waals surface area contributed by atoms with Crippen LogP contribution in [0.4, 0.5) is 0 Å². The predicted octanol–water partition coefficient (Wildman–Crippen LogP) is 20.0. The summed E-state index contributed by atoms with van der Waals surface area (Å²) in [5.41, 5.74) is 0. The number of ether oxygens (including phenoxy) is 3. The van der Waals surface area contributed by atoms with Crippen LogP contribution in [0.1, 0.15) is 323 Å². The van der Waals surface area contributed by atoms with Gasteiger partial charge in [-0.25, -0.2) is 0 Å². The van der Waals surface area contributed by atoms with Crippen LogP contribution in [0.3, 0.4) is 0 Å². The molecule has 0 rings (SSSR count). The maximum atomic E-state index is 12.8. The Morgan fingerprint density at radius 2 is 0.529 bits per heavy atom. The van der Waals surface area contributed by atoms with Crippen LogP contribution < -0.4 is 0 Å². The van der Waals surface area contributed by atoms with Crippen molar-refractivity contribution in [3.05, 3.63) is 36.5 Å². The predicted molar refractivity (Wildman–Crippen MR) is 293 cm³/mol. The lowest BCUT2D eigenvalue weighted by Gasteiger charge is -2.18. The minimum atomic E-state index is -0.776. The average molecular weight is 956 g/mol. The summed E-state index contributed by atoms with van der Waals surface area (Å²) in [5.74, 6) is -0.884. The summed E-state index contributed by atoms with van der Waals surface area (Å²) in [7, 11) is 0. The van der Waals surface area contributed by atoms with Crippen LogP contribution in [0.5, 0.6) is 0 Å². The van der Waals surface area contributed by atoms with Crippen LogP contribution in [0, 0.1) is 0 Å². The molecule has 0 aromatic heterocycles. The first-order valence-corrected chi connectivity index (χ1v) is 30.0. The molecule has 0 aliphatic carbocycles. The van der Waals surface area contributed by atoms with Gasteiger partial charge in [-0.05, 0) is 83.5 Å². The zero-order valence-electron chi connectivity index (χ0n) is 45.6. The largest absolute Gasteiger partial charge is 0.462 e. The second-order valence-corrected chi connectivity index (χ2v) is 20.2. The van der Waals surface area contributed by atoms with Gasteiger partial charge in [0.2, 0.25) is 0 Å². The molecule has 0 saturated heterocycles. The van der Waals surface area contributed by atoms with Gasteiger partial charge in [-0.15, -0.1) is 0 Å². The number of unbranched alkanes of at least 4 members (excludes halogenated alkanes) is 38. The van der Waals surface area contributed by atoms with E-state index in [2.05, 4.69) is 57.2 Å². The summed E-state index contributed by atoms with van der Waals surface area (Å²) < 4.78 is 16.8. The molecule has 0 N–H and O–H groups in total. The highest BCUT2D eigenvalue weighted by Crippen LogP contribution is 2.17. The molecule has 0 radical (unpaired) electrons. The quantitative estimate of drug-likeness (QED) is 0.0262. The Morgan fingerprint density at radius 3 is 0.838 bits per heavy atom. The van der Waals surface area contributed by atoms with Crippen molar-refractivity contribution < 1.29 is 28.6 Å². The molecular weight excluding hydrogens is 841 g/mol. The summed E-state index contributed by atoms with van der Waals surface area (Å²) in [5, 5.41) is 0. The Balaban J connectivity index is 4.04. The van der Waals surface area contributed by atoms with Gasteiger partial charge in [0.25, 0.3) is 0 Å². The van der Waals surface area contributed by atoms with Crippen LogP contribution in [0.15, 0.2) is 36.5 Å². The summed E-state index contributed by atoms with van der Waals surface area (Å²) in [6.45, 7) is 6.56. The molecule has 6 nitrogen and oxygen atoms in total. The van der Waals surface area contributed by atoms with Crippen molar-refractivity contribution in [3.63, 3.8) is 0 Å². The normalized spacial score (nSPS) is 12.2. The summed E-state index contributed by atoms with van der Waals surface area (Å²) in [4.78, 5) is 38.0. The SMILES string of the molecule is CCC/C=C\CCCCCCCC(=O)OCC(COC(=O)CCCCCCCCCCCCCCCCCCC/C=C\CCCCCCCCCC)OC(=O)CCCCCCC/C=C\CCCC. The van der Waals surface area contributed by atoms with E-state index in [0.29, 0.717) is 19.3 Å². The van der Waals surface area contributed by atoms with Crippen molar-refractivity contribution in [2.45, 2.75) is 329 Å². The van der Waals surface area contributed by atoms with Gasteiger partial charge >= 0.3 is 17.9 Å². The van der Waals surface area contributed by atoms with E-state index in [4.69, 9.17) is 14.2 Å². The number of allylic oxidation sites excluding steroid dienone is 6. The topological polar surface area (TPSA) is 78.9 Å². The van der Waals surface area contributed by atoms with Crippen LogP contribution in [0.25, 0.3) is 0 Å². The third kappa shape index (κ3) is 54.6. The zero-order valence-corrected chi connectivity index (χ0v) is 45.6. The van der Waals surface area contributed by atoms with Crippen molar-refractivity contribution in [3.8, 4) is 0 Å². The molecule has 0 fully saturated rings. The van der Waals surface area contributed by atoms with Gasteiger partial charge in [-0.1, -0.05) is 256 Å². The van der Waals surface area contributed by atoms with Gasteiger partial charge < -0.3 is 14.2 Å². The molecule has 0 aromatic rings. The van der Waals surface area contributed by atoms with Crippen LogP contribution in [0.2, 0.25) is 0 Å². The lowest BCUT2D eigenvalue weighted by atomic mass is 10.0. The van der Waals surface area contributed by atoms with Crippen LogP contribution in [-0.4, -0.2) is 37.2 Å². The standard InChI is InChI=1S/C62H114O6/c1-4-7-10-13-16-19-22-23-24-25-26-27-28-29-30-31-32-33-34-35-36-37-38-39-41-43-46-49-52-55-61(64)67-58-59(57-66-60(63)54-51-48-45-42-21-18-15-12-9-6-3)68-62(65)56-53-50-47-44-40-20-17-14-11-8-5-2/h12,14-15,17,25-26,59H,4-11,13,16,18-24,27-58H2,1-3H3/b15-12-,17-14-,26-25-. The lowest BCUT2D eigenvalue weighted by molar-refractivity contribution is -0.167. The maximum absolute atomic E-state index is 12.8. The fourth-order valence-electron chi connectivity index (χ4n) is 8.78. The zero-order chi connectivity index (χ0) is 49.3. The number of carbonyl (C=O) groups is 3. The molecule has 0 saturated carbocycles. The monoisotopic (exact) mass is 955 g/mol. The molecule has 0 bridgehead atoms. The van der Waals surface area contributed by atoms with E-state index in [1.54, 1.807) is 0 Å². The number of hydrogen-bond donors (Lipinski definition) is 0. The van der Waals surface area contributed by atoms with Gasteiger partial charge in [0.1, 0.15) is 13.2 Å². The molecule has 68 heavy (non-hydrogen) atoms. The van der Waals surface area contributed by atoms with Crippen molar-refractivity contribution in [1.29, 1.82) is 0 Å². The minimum Gasteiger partial charge on any atom is -0.462 e. The maximum Gasteiger partial charge on any atom is 0.306 e. The molecule has 6 heteroatoms. The molecule has 0 aromatic carbocycles. The second kappa shape index (κ2) is 57.2. The molecule has 1 unspecified atom stereocenters. The third-order valence-corrected chi connectivity index (χ3v) is 13.3. The Kier molecular flexibility index (Phi) is 55.2. The Morgan fingerprint density at radius 1 is 0.279 bits per heavy atom. The molecular formula is C62H114O6. The van der Waals surface area contributed by atoms with Gasteiger partial charge in [0.15, 0.2) is 6.10 Å². The highest BCUT2D eigenvalue weighted by Gasteiger charge is 2.19. The van der Waals surface area contributed by atoms with Gasteiger partial charge in [-0.3, -0.25) is 14.4 Å². The fourth-order valence-corrected chi connectivity index (χ4v) is 8.78. The summed E-state index contributed by atoms with van der Waals surface area (Å²) in [6, 6.07) is 0. The summed E-state index contributed by atoms with van der Waals surface area (Å²) >= 11 is 0. The number of hydrogen-bond acceptors (Lipinski definition) is 6. The molecule has 1 atom stereocenters. The Bertz CT molecular complexity index is 1140. The van der Waals surface area contributed by atoms with Crippen LogP contribution >= 0.6 is 0 Å². The number of carbonyl (C=O) groups excluding carboxylic acids is 3. The molecule has 0 spiro atoms. The van der Waals surface area contributed by atoms with Crippen molar-refractivity contribution in [2.24, 2.45) is 0 Å². The van der Waals surface area contributed by atoms with Gasteiger partial charge in [0, 0.05) is 19.3 Å². The highest BCUT2D eigenvalue weighted by molar-refractivity contribution is 5.71. The second-order valence-electron chi connectivity index (χ2n) is 20.2. The van der Waals surface area contributed by atoms with E-state index in [-0.39, 0.29) is 31.1 Å². The van der Waals surface area contributed by atoms with Crippen molar-refractivity contribution >= 4 is 17.9 Å². The first kappa shape index (κ1) is 65.6. The highest BCUT2D eigenvalue weighted by atomic mass is 16.6. The smallest absolute Gasteiger partial charge is 0.306 e. The van der Waals surface area contributed by atoms with Crippen LogP contribution in [-0.2, 0) is 28.6 Å². The first-order valence-electron chi connectivity index (χ1n) is 30.0. The minimum absolute atomic E-state index is 0.0753. The number of esters is 3. The molecule has 0 aliphatic heterocycles. The van der Waals surface area contributed by atoms with E-state index in [1.165, 1.54) is 199 Å². The first-order chi connectivity index (χ1) is 33.5. The van der Waals surface area contributed by atoms with E-state index < -0.39 is 6.10 Å². The fraction of sp³-hybridized carbons (Fsp3) is 0.855. The van der Waals surface area contributed by atoms with Crippen molar-refractivity contribution in [1.82, 2.24) is 0 Å². The van der Waals surface area contributed by atoms with Crippen molar-refractivity contribution in [2.75, 3.05) is 13.2 Å². The molecule has 0 amide bonds. The van der Waals surface area contributed by atoms with E-state index in [1.807, 2.05) is 0 Å². The van der Waals surface area contributed by atoms with E-state index in [0.717, 1.165) is 83.5 Å². The molecule has 0 aliphatic rings. The lowest BCUT2D eigenvalue weighted by Crippen LogP contribution is -2.30. The summed E-state index contributed by atoms with van der Waals surface area (Å²) in [6.07, 6.45) is 68.9. The van der Waals surface area contributed by atoms with E-state index >= 15 is 0 Å². The average Bonchev–Trinajstić information content (AvgIpc) is 3.34. The van der Waals surface area contributed by atoms with Gasteiger partial charge in [-0.2, -0.15) is 0 Å². The Labute approximate surface area is 423 Å². The van der Waals surface area contributed by atoms with E-state index in [9.17, 15) is 14.4 Å². The third-order valence-electron chi connectivity index (χ3n) is 13.3. The molecule has 0 heterocycles. The number of rotatable bonds is 55. The Hall–Kier alpha value is -2.37. The molecule has 398 valence electrons.